The first-order valence-corrected chi connectivity index (χ1v) is 9.57. The van der Waals surface area contributed by atoms with Crippen LogP contribution < -0.4 is 0 Å². The predicted molar refractivity (Wildman–Crippen MR) is 99.7 cm³/mol. The highest BCUT2D eigenvalue weighted by molar-refractivity contribution is 5.79. The maximum atomic E-state index is 12.2. The molecule has 1 aromatic carbocycles. The third-order valence-corrected chi connectivity index (χ3v) is 5.29. The van der Waals surface area contributed by atoms with Crippen LogP contribution in [0.4, 0.5) is 0 Å². The van der Waals surface area contributed by atoms with Crippen LogP contribution in [0.25, 0.3) is 11.0 Å². The van der Waals surface area contributed by atoms with E-state index in [2.05, 4.69) is 31.1 Å². The zero-order valence-electron chi connectivity index (χ0n) is 16.1. The number of fused-ring (bicyclic) bond motifs is 1. The van der Waals surface area contributed by atoms with Gasteiger partial charge in [-0.25, -0.2) is 9.48 Å². The van der Waals surface area contributed by atoms with Crippen molar-refractivity contribution in [2.75, 3.05) is 6.61 Å². The Hall–Kier alpha value is -2.44. The molecule has 0 bridgehead atoms. The lowest BCUT2D eigenvalue weighted by Gasteiger charge is -2.36. The summed E-state index contributed by atoms with van der Waals surface area (Å²) >= 11 is 0. The fourth-order valence-electron chi connectivity index (χ4n) is 3.79. The second-order valence-corrected chi connectivity index (χ2v) is 7.75. The highest BCUT2D eigenvalue weighted by Gasteiger charge is 2.33. The van der Waals surface area contributed by atoms with E-state index in [1.165, 1.54) is 4.68 Å². The average molecular weight is 373 g/mol. The molecule has 1 heterocycles. The van der Waals surface area contributed by atoms with E-state index in [0.717, 1.165) is 24.8 Å². The van der Waals surface area contributed by atoms with E-state index in [0.29, 0.717) is 23.3 Å². The topological polar surface area (TPSA) is 83.3 Å². The molecule has 1 saturated carbocycles. The Bertz CT molecular complexity index is 801. The molecule has 0 aliphatic heterocycles. The lowest BCUT2D eigenvalue weighted by atomic mass is 9.75. The molecule has 1 aliphatic carbocycles. The number of ether oxygens (including phenoxy) is 2. The summed E-state index contributed by atoms with van der Waals surface area (Å²) in [5.74, 6) is 0.332. The number of hydrogen-bond donors (Lipinski definition) is 0. The third kappa shape index (κ3) is 4.84. The molecule has 0 saturated heterocycles. The zero-order valence-corrected chi connectivity index (χ0v) is 16.1. The number of rotatable bonds is 6. The predicted octanol–water partition coefficient (Wildman–Crippen LogP) is 2.98. The summed E-state index contributed by atoms with van der Waals surface area (Å²) in [6, 6.07) is 7.35. The minimum absolute atomic E-state index is 0.0944. The average Bonchev–Trinajstić information content (AvgIpc) is 3.03. The van der Waals surface area contributed by atoms with Gasteiger partial charge in [-0.15, -0.1) is 5.10 Å². The molecule has 7 nitrogen and oxygen atoms in total. The van der Waals surface area contributed by atoms with Gasteiger partial charge in [0.15, 0.2) is 6.61 Å². The summed E-state index contributed by atoms with van der Waals surface area (Å²) in [6.45, 7) is 6.03. The molecule has 0 radical (unpaired) electrons. The highest BCUT2D eigenvalue weighted by atomic mass is 16.6. The van der Waals surface area contributed by atoms with E-state index in [1.54, 1.807) is 0 Å². The Morgan fingerprint density at radius 3 is 2.78 bits per heavy atom. The van der Waals surface area contributed by atoms with Crippen LogP contribution in [0.2, 0.25) is 0 Å². The summed E-state index contributed by atoms with van der Waals surface area (Å²) in [7, 11) is 0. The lowest BCUT2D eigenvalue weighted by molar-refractivity contribution is -0.167. The van der Waals surface area contributed by atoms with Crippen molar-refractivity contribution >= 4 is 23.0 Å². The Balaban J connectivity index is 1.50. The molecule has 0 spiro atoms. The smallest absolute Gasteiger partial charge is 0.344 e. The fourth-order valence-corrected chi connectivity index (χ4v) is 3.79. The van der Waals surface area contributed by atoms with Crippen molar-refractivity contribution in [1.29, 1.82) is 0 Å². The second kappa shape index (κ2) is 8.50. The van der Waals surface area contributed by atoms with Crippen LogP contribution in [0, 0.1) is 17.8 Å². The summed E-state index contributed by atoms with van der Waals surface area (Å²) in [6.07, 6.45) is 3.00. The van der Waals surface area contributed by atoms with E-state index in [9.17, 15) is 9.59 Å². The Labute approximate surface area is 159 Å². The molecule has 0 N–H and O–H groups in total. The Morgan fingerprint density at radius 2 is 2.00 bits per heavy atom. The van der Waals surface area contributed by atoms with Gasteiger partial charge >= 0.3 is 11.9 Å². The van der Waals surface area contributed by atoms with Crippen LogP contribution in [0.5, 0.6) is 0 Å². The number of para-hydroxylation sites is 1. The van der Waals surface area contributed by atoms with E-state index in [4.69, 9.17) is 9.47 Å². The molecule has 3 atom stereocenters. The minimum Gasteiger partial charge on any atom is -0.460 e. The zero-order chi connectivity index (χ0) is 19.4. The van der Waals surface area contributed by atoms with Crippen molar-refractivity contribution in [3.05, 3.63) is 24.3 Å². The van der Waals surface area contributed by atoms with Gasteiger partial charge in [-0.3, -0.25) is 4.79 Å². The maximum Gasteiger partial charge on any atom is 0.344 e. The van der Waals surface area contributed by atoms with Crippen molar-refractivity contribution in [3.63, 3.8) is 0 Å². The number of hydrogen-bond acceptors (Lipinski definition) is 6. The number of carbonyl (C=O) groups is 2. The van der Waals surface area contributed by atoms with Crippen LogP contribution in [0.3, 0.4) is 0 Å². The van der Waals surface area contributed by atoms with Gasteiger partial charge in [0.25, 0.3) is 0 Å². The Morgan fingerprint density at radius 1 is 1.22 bits per heavy atom. The van der Waals surface area contributed by atoms with E-state index in [-0.39, 0.29) is 19.3 Å². The van der Waals surface area contributed by atoms with Gasteiger partial charge in [-0.1, -0.05) is 44.5 Å². The lowest BCUT2D eigenvalue weighted by Crippen LogP contribution is -2.37. The highest BCUT2D eigenvalue weighted by Crippen LogP contribution is 2.35. The fraction of sp³-hybridized carbons (Fsp3) is 0.600. The van der Waals surface area contributed by atoms with Gasteiger partial charge < -0.3 is 9.47 Å². The molecule has 1 aliphatic rings. The minimum atomic E-state index is -0.542. The van der Waals surface area contributed by atoms with Crippen molar-refractivity contribution in [2.24, 2.45) is 17.8 Å². The summed E-state index contributed by atoms with van der Waals surface area (Å²) in [5, 5.41) is 7.93. The molecule has 1 fully saturated rings. The summed E-state index contributed by atoms with van der Waals surface area (Å²) in [4.78, 5) is 24.2. The first-order valence-electron chi connectivity index (χ1n) is 9.57. The normalized spacial score (nSPS) is 22.7. The van der Waals surface area contributed by atoms with Crippen molar-refractivity contribution < 1.29 is 19.1 Å². The van der Waals surface area contributed by atoms with E-state index < -0.39 is 11.9 Å². The first kappa shape index (κ1) is 19.3. The van der Waals surface area contributed by atoms with Crippen molar-refractivity contribution in [3.8, 4) is 0 Å². The third-order valence-electron chi connectivity index (χ3n) is 5.29. The van der Waals surface area contributed by atoms with Gasteiger partial charge in [0.2, 0.25) is 0 Å². The molecular weight excluding hydrogens is 346 g/mol. The largest absolute Gasteiger partial charge is 0.460 e. The first-order chi connectivity index (χ1) is 12.9. The van der Waals surface area contributed by atoms with Gasteiger partial charge in [0.05, 0.1) is 5.52 Å². The number of aromatic nitrogens is 3. The summed E-state index contributed by atoms with van der Waals surface area (Å²) in [5.41, 5.74) is 1.45. The molecule has 27 heavy (non-hydrogen) atoms. The standard InChI is InChI=1S/C20H27N3O4/c1-13(2)15-9-8-14(3)10-18(15)27-20(25)12-26-19(24)11-23-17-7-5-4-6-16(17)21-22-23/h4-7,13-15,18H,8-12H2,1-3H3/t14-,15+,18+/m0/s1. The molecular formula is C20H27N3O4. The molecule has 0 unspecified atom stereocenters. The van der Waals surface area contributed by atoms with Gasteiger partial charge in [0.1, 0.15) is 18.2 Å². The van der Waals surface area contributed by atoms with Crippen LogP contribution >= 0.6 is 0 Å². The summed E-state index contributed by atoms with van der Waals surface area (Å²) < 4.78 is 12.2. The quantitative estimate of drug-likeness (QED) is 0.724. The van der Waals surface area contributed by atoms with Crippen LogP contribution in [-0.4, -0.2) is 39.6 Å². The van der Waals surface area contributed by atoms with Gasteiger partial charge in [0, 0.05) is 0 Å². The molecule has 2 aromatic rings. The number of benzene rings is 1. The SMILES string of the molecule is CC(C)[C@H]1CC[C@H](C)C[C@H]1OC(=O)COC(=O)Cn1nnc2ccccc21. The van der Waals surface area contributed by atoms with Gasteiger partial charge in [-0.2, -0.15) is 0 Å². The molecule has 0 amide bonds. The second-order valence-electron chi connectivity index (χ2n) is 7.75. The molecule has 7 heteroatoms. The molecule has 3 rings (SSSR count). The van der Waals surface area contributed by atoms with E-state index >= 15 is 0 Å². The maximum absolute atomic E-state index is 12.2. The number of carbonyl (C=O) groups excluding carboxylic acids is 2. The van der Waals surface area contributed by atoms with Crippen molar-refractivity contribution in [1.82, 2.24) is 15.0 Å². The van der Waals surface area contributed by atoms with Crippen LogP contribution in [0.1, 0.15) is 40.0 Å². The molecule has 146 valence electrons. The number of esters is 2. The van der Waals surface area contributed by atoms with Crippen molar-refractivity contribution in [2.45, 2.75) is 52.7 Å². The van der Waals surface area contributed by atoms with Crippen LogP contribution in [-0.2, 0) is 25.6 Å². The monoisotopic (exact) mass is 373 g/mol. The number of nitrogens with zero attached hydrogens (tertiary/aromatic N) is 3. The van der Waals surface area contributed by atoms with E-state index in [1.807, 2.05) is 24.3 Å². The van der Waals surface area contributed by atoms with Gasteiger partial charge in [-0.05, 0) is 42.7 Å². The van der Waals surface area contributed by atoms with Crippen LogP contribution in [0.15, 0.2) is 24.3 Å². The molecule has 1 aromatic heterocycles. The Kier molecular flexibility index (Phi) is 6.08.